The minimum absolute atomic E-state index is 0.0257. The zero-order valence-electron chi connectivity index (χ0n) is 21.5. The van der Waals surface area contributed by atoms with Crippen LogP contribution in [0.2, 0.25) is 0 Å². The molecule has 0 radical (unpaired) electrons. The fourth-order valence-electron chi connectivity index (χ4n) is 4.34. The predicted molar refractivity (Wildman–Crippen MR) is 141 cm³/mol. The van der Waals surface area contributed by atoms with Gasteiger partial charge in [0.2, 0.25) is 11.9 Å². The average molecular weight is 502 g/mol. The van der Waals surface area contributed by atoms with Gasteiger partial charge in [-0.05, 0) is 71.7 Å². The third kappa shape index (κ3) is 6.89. The molecule has 1 fully saturated rings. The summed E-state index contributed by atoms with van der Waals surface area (Å²) < 4.78 is 28.7. The second-order valence-corrected chi connectivity index (χ2v) is 9.58. The number of nitrogens with zero attached hydrogens (tertiary/aromatic N) is 4. The van der Waals surface area contributed by atoms with Crippen molar-refractivity contribution in [2.24, 2.45) is 10.9 Å². The van der Waals surface area contributed by atoms with Gasteiger partial charge in [-0.2, -0.15) is 4.98 Å². The molecule has 3 N–H and O–H groups in total. The number of nitrogens with one attached hydrogen (secondary N) is 3. The Balaban J connectivity index is 1.86. The summed E-state index contributed by atoms with van der Waals surface area (Å²) in [6, 6.07) is 3.97. The molecular weight excluding hydrogens is 464 g/mol. The summed E-state index contributed by atoms with van der Waals surface area (Å²) in [5.41, 5.74) is 0.267. The molecule has 1 aliphatic carbocycles. The Hall–Kier alpha value is -3.30. The van der Waals surface area contributed by atoms with Crippen LogP contribution >= 0.6 is 0 Å². The highest BCUT2D eigenvalue weighted by Crippen LogP contribution is 2.35. The third-order valence-electron chi connectivity index (χ3n) is 6.51. The Labute approximate surface area is 212 Å². The molecule has 2 aromatic rings. The van der Waals surface area contributed by atoms with Crippen molar-refractivity contribution in [3.8, 4) is 0 Å². The van der Waals surface area contributed by atoms with Crippen molar-refractivity contribution in [3.63, 3.8) is 0 Å². The van der Waals surface area contributed by atoms with E-state index in [1.54, 1.807) is 6.20 Å². The number of hydrogen-bond acceptors (Lipinski definition) is 7. The van der Waals surface area contributed by atoms with E-state index in [0.29, 0.717) is 43.1 Å². The number of halogens is 2. The van der Waals surface area contributed by atoms with Crippen LogP contribution in [0.4, 0.5) is 31.9 Å². The van der Waals surface area contributed by atoms with Gasteiger partial charge in [0.1, 0.15) is 23.0 Å². The van der Waals surface area contributed by atoms with Gasteiger partial charge >= 0.3 is 0 Å². The van der Waals surface area contributed by atoms with E-state index >= 15 is 0 Å². The van der Waals surface area contributed by atoms with Gasteiger partial charge in [0.25, 0.3) is 0 Å². The van der Waals surface area contributed by atoms with Gasteiger partial charge in [0, 0.05) is 24.0 Å². The van der Waals surface area contributed by atoms with E-state index in [-0.39, 0.29) is 42.3 Å². The van der Waals surface area contributed by atoms with E-state index in [9.17, 15) is 13.6 Å². The van der Waals surface area contributed by atoms with E-state index in [1.165, 1.54) is 18.2 Å². The standard InChI is InChI=1S/C26H37F2N7O/c1-6-17(4)33-25(36)18-10-12-19(13-11-18)35(15-31-23-20(27)8-7-9-21(23)28)24-22(29-5)14-30-26(34-24)32-16(2)3/h7-9,14,16-19,31H,5-6,10-13,15H2,1-4H3,(H,33,36)(H,30,32,34). The monoisotopic (exact) mass is 501 g/mol. The Morgan fingerprint density at radius 2 is 1.86 bits per heavy atom. The lowest BCUT2D eigenvalue weighted by Crippen LogP contribution is -2.45. The summed E-state index contributed by atoms with van der Waals surface area (Å²) in [5.74, 6) is -0.384. The van der Waals surface area contributed by atoms with Gasteiger partial charge in [-0.3, -0.25) is 9.79 Å². The number of carbonyl (C=O) groups excluding carboxylic acids is 1. The Morgan fingerprint density at radius 1 is 1.19 bits per heavy atom. The maximum atomic E-state index is 14.3. The predicted octanol–water partition coefficient (Wildman–Crippen LogP) is 5.26. The number of aromatic nitrogens is 2. The second kappa shape index (κ2) is 12.6. The normalized spacial score (nSPS) is 18.4. The molecule has 10 heteroatoms. The largest absolute Gasteiger partial charge is 0.363 e. The summed E-state index contributed by atoms with van der Waals surface area (Å²) in [6.07, 6.45) is 5.31. The highest BCUT2D eigenvalue weighted by molar-refractivity contribution is 5.79. The molecule has 196 valence electrons. The zero-order chi connectivity index (χ0) is 26.2. The first-order valence-electron chi connectivity index (χ1n) is 12.6. The fraction of sp³-hybridized carbons (Fsp3) is 0.538. The average Bonchev–Trinajstić information content (AvgIpc) is 2.85. The molecule has 1 aromatic carbocycles. The van der Waals surface area contributed by atoms with Gasteiger partial charge in [0.05, 0.1) is 12.9 Å². The lowest BCUT2D eigenvalue weighted by atomic mass is 9.84. The van der Waals surface area contributed by atoms with Crippen LogP contribution in [-0.2, 0) is 4.79 Å². The first-order valence-corrected chi connectivity index (χ1v) is 12.6. The Kier molecular flexibility index (Phi) is 9.55. The zero-order valence-corrected chi connectivity index (χ0v) is 21.5. The summed E-state index contributed by atoms with van der Waals surface area (Å²) in [5, 5.41) is 9.18. The molecule has 1 aromatic heterocycles. The van der Waals surface area contributed by atoms with E-state index < -0.39 is 11.6 Å². The van der Waals surface area contributed by atoms with Gasteiger partial charge in [-0.25, -0.2) is 13.8 Å². The molecular formula is C26H37F2N7O. The summed E-state index contributed by atoms with van der Waals surface area (Å²) in [7, 11) is 0. The number of carbonyl (C=O) groups is 1. The second-order valence-electron chi connectivity index (χ2n) is 9.58. The number of benzene rings is 1. The highest BCUT2D eigenvalue weighted by atomic mass is 19.1. The molecule has 3 rings (SSSR count). The topological polar surface area (TPSA) is 94.5 Å². The van der Waals surface area contributed by atoms with Crippen molar-refractivity contribution in [1.82, 2.24) is 15.3 Å². The van der Waals surface area contributed by atoms with E-state index in [1.807, 2.05) is 32.6 Å². The quantitative estimate of drug-likeness (QED) is 0.287. The van der Waals surface area contributed by atoms with Gasteiger partial charge < -0.3 is 20.9 Å². The van der Waals surface area contributed by atoms with Crippen LogP contribution in [0.1, 0.15) is 59.8 Å². The van der Waals surface area contributed by atoms with Crippen LogP contribution in [0, 0.1) is 17.6 Å². The maximum Gasteiger partial charge on any atom is 0.224 e. The number of amides is 1. The van der Waals surface area contributed by atoms with Gasteiger partial charge in [0.15, 0.2) is 5.82 Å². The van der Waals surface area contributed by atoms with Crippen molar-refractivity contribution < 1.29 is 13.6 Å². The molecule has 1 unspecified atom stereocenters. The Morgan fingerprint density at radius 3 is 2.44 bits per heavy atom. The maximum absolute atomic E-state index is 14.3. The molecule has 0 bridgehead atoms. The molecule has 1 atom stereocenters. The van der Waals surface area contributed by atoms with E-state index in [0.717, 1.165) is 6.42 Å². The Bertz CT molecular complexity index is 1020. The van der Waals surface area contributed by atoms with Crippen molar-refractivity contribution >= 4 is 35.8 Å². The van der Waals surface area contributed by atoms with E-state index in [2.05, 4.69) is 37.6 Å². The summed E-state index contributed by atoms with van der Waals surface area (Å²) in [4.78, 5) is 27.7. The molecule has 36 heavy (non-hydrogen) atoms. The first kappa shape index (κ1) is 27.3. The van der Waals surface area contributed by atoms with Crippen LogP contribution in [0.25, 0.3) is 0 Å². The highest BCUT2D eigenvalue weighted by Gasteiger charge is 2.32. The summed E-state index contributed by atoms with van der Waals surface area (Å²) >= 11 is 0. The lowest BCUT2D eigenvalue weighted by Gasteiger charge is -2.38. The number of anilines is 3. The fourth-order valence-corrected chi connectivity index (χ4v) is 4.34. The number of rotatable bonds is 11. The van der Waals surface area contributed by atoms with Crippen molar-refractivity contribution in [1.29, 1.82) is 0 Å². The molecule has 1 amide bonds. The third-order valence-corrected chi connectivity index (χ3v) is 6.51. The van der Waals surface area contributed by atoms with E-state index in [4.69, 9.17) is 0 Å². The number of para-hydroxylation sites is 1. The molecule has 0 aliphatic heterocycles. The molecule has 0 saturated heterocycles. The summed E-state index contributed by atoms with van der Waals surface area (Å²) in [6.45, 7) is 11.8. The number of hydrogen-bond donors (Lipinski definition) is 3. The van der Waals surface area contributed by atoms with Crippen molar-refractivity contribution in [2.45, 2.75) is 77.9 Å². The van der Waals surface area contributed by atoms with Crippen LogP contribution in [0.15, 0.2) is 29.4 Å². The smallest absolute Gasteiger partial charge is 0.224 e. The van der Waals surface area contributed by atoms with Crippen molar-refractivity contribution in [2.75, 3.05) is 22.2 Å². The number of aliphatic imine (C=N–C) groups is 1. The molecule has 1 heterocycles. The molecule has 0 spiro atoms. The minimum atomic E-state index is -0.674. The lowest BCUT2D eigenvalue weighted by molar-refractivity contribution is -0.126. The minimum Gasteiger partial charge on any atom is -0.363 e. The van der Waals surface area contributed by atoms with Gasteiger partial charge in [-0.1, -0.05) is 13.0 Å². The molecule has 1 aliphatic rings. The van der Waals surface area contributed by atoms with Crippen molar-refractivity contribution in [3.05, 3.63) is 36.0 Å². The molecule has 1 saturated carbocycles. The van der Waals surface area contributed by atoms with Crippen LogP contribution < -0.4 is 20.9 Å². The van der Waals surface area contributed by atoms with Crippen LogP contribution in [0.3, 0.4) is 0 Å². The van der Waals surface area contributed by atoms with Gasteiger partial charge in [-0.15, -0.1) is 0 Å². The van der Waals surface area contributed by atoms with Crippen LogP contribution in [-0.4, -0.2) is 47.4 Å². The molecule has 8 nitrogen and oxygen atoms in total. The van der Waals surface area contributed by atoms with Crippen LogP contribution in [0.5, 0.6) is 0 Å². The first-order chi connectivity index (χ1) is 17.2. The SMILES string of the molecule is C=Nc1cnc(NC(C)C)nc1N(CNc1c(F)cccc1F)C1CCC(C(=O)NC(C)CC)CC1.